The first-order valence-electron chi connectivity index (χ1n) is 16.9. The molecule has 2 unspecified atom stereocenters. The molecule has 5 heterocycles. The topological polar surface area (TPSA) is 42.3 Å². The second-order valence-electron chi connectivity index (χ2n) is 13.7. The Morgan fingerprint density at radius 3 is 2.62 bits per heavy atom. The molecule has 8 rings (SSSR count). The number of pyridine rings is 2. The summed E-state index contributed by atoms with van der Waals surface area (Å²) in [7, 11) is 0. The van der Waals surface area contributed by atoms with E-state index in [9.17, 15) is 0 Å². The van der Waals surface area contributed by atoms with Crippen LogP contribution in [0.15, 0.2) is 95.5 Å². The Morgan fingerprint density at radius 1 is 0.978 bits per heavy atom. The van der Waals surface area contributed by atoms with Crippen LogP contribution in [0.25, 0.3) is 39.0 Å². The summed E-state index contributed by atoms with van der Waals surface area (Å²) in [6.45, 7) is 13.3. The number of aliphatic imine (C=N–C) groups is 1. The van der Waals surface area contributed by atoms with Crippen molar-refractivity contribution >= 4 is 33.5 Å². The van der Waals surface area contributed by atoms with E-state index in [0.717, 1.165) is 70.0 Å². The van der Waals surface area contributed by atoms with Crippen molar-refractivity contribution in [1.82, 2.24) is 4.98 Å². The molecule has 45 heavy (non-hydrogen) atoms. The first-order valence-corrected chi connectivity index (χ1v) is 16.9. The van der Waals surface area contributed by atoms with Gasteiger partial charge in [-0.1, -0.05) is 88.9 Å². The zero-order chi connectivity index (χ0) is 30.7. The third kappa shape index (κ3) is 4.77. The van der Waals surface area contributed by atoms with Crippen LogP contribution in [-0.2, 0) is 12.8 Å². The SMILES string of the molecule is C=CC1=NC2C(=C)[n+]3ccc(CC4CCCCC4)cc3-c3c(ccc4c3oc3nc(C(C)C)ccc34)CCC2c2ccccc21. The number of benzene rings is 2. The smallest absolute Gasteiger partial charge is 0.227 e. The lowest BCUT2D eigenvalue weighted by Crippen LogP contribution is -2.42. The molecule has 2 atom stereocenters. The summed E-state index contributed by atoms with van der Waals surface area (Å²) in [5.74, 6) is 1.30. The van der Waals surface area contributed by atoms with Gasteiger partial charge >= 0.3 is 0 Å². The van der Waals surface area contributed by atoms with Gasteiger partial charge < -0.3 is 4.42 Å². The van der Waals surface area contributed by atoms with Crippen molar-refractivity contribution in [3.8, 4) is 11.3 Å². The molecule has 4 heteroatoms. The molecule has 5 aromatic rings. The van der Waals surface area contributed by atoms with Crippen LogP contribution in [0.5, 0.6) is 0 Å². The number of hydrogen-bond acceptors (Lipinski definition) is 3. The standard InChI is InChI=1S/C41H42N3O/c1-5-35-31-14-10-9-13-30(31)32-17-15-29-16-18-33-34-19-20-36(25(2)3)43-41(34)45-40(33)38(29)37-24-28(23-27-11-7-6-8-12-27)21-22-44(37)26(4)39(32)42-35/h5,9-10,13-14,16,18-22,24-25,27,32,39H,1,4,6-8,11-12,15,17,23H2,2-3H3/q+1. The summed E-state index contributed by atoms with van der Waals surface area (Å²) in [6, 6.07) is 22.3. The predicted octanol–water partition coefficient (Wildman–Crippen LogP) is 9.74. The van der Waals surface area contributed by atoms with E-state index in [2.05, 4.69) is 91.9 Å². The molecule has 1 fully saturated rings. The highest BCUT2D eigenvalue weighted by Crippen LogP contribution is 2.43. The van der Waals surface area contributed by atoms with Crippen molar-refractivity contribution in [2.75, 3.05) is 0 Å². The summed E-state index contributed by atoms with van der Waals surface area (Å²) in [5, 5.41) is 2.19. The Labute approximate surface area is 266 Å². The van der Waals surface area contributed by atoms with Crippen LogP contribution in [0.3, 0.4) is 0 Å². The molecule has 1 saturated carbocycles. The minimum Gasteiger partial charge on any atom is -0.437 e. The first kappa shape index (κ1) is 28.2. The van der Waals surface area contributed by atoms with Crippen molar-refractivity contribution in [2.24, 2.45) is 10.9 Å². The maximum absolute atomic E-state index is 6.78. The van der Waals surface area contributed by atoms with Crippen molar-refractivity contribution in [1.29, 1.82) is 0 Å². The van der Waals surface area contributed by atoms with Crippen molar-refractivity contribution in [2.45, 2.75) is 83.1 Å². The summed E-state index contributed by atoms with van der Waals surface area (Å²) < 4.78 is 9.08. The van der Waals surface area contributed by atoms with Gasteiger partial charge in [-0.2, -0.15) is 4.57 Å². The molecular weight excluding hydrogens is 550 g/mol. The monoisotopic (exact) mass is 592 g/mol. The largest absolute Gasteiger partial charge is 0.437 e. The van der Waals surface area contributed by atoms with Gasteiger partial charge in [-0.05, 0) is 72.6 Å². The number of nitrogens with zero attached hydrogens (tertiary/aromatic N) is 3. The van der Waals surface area contributed by atoms with E-state index in [0.29, 0.717) is 5.92 Å². The van der Waals surface area contributed by atoms with Crippen molar-refractivity contribution in [3.05, 3.63) is 114 Å². The third-order valence-electron chi connectivity index (χ3n) is 10.6. The average molecular weight is 593 g/mol. The van der Waals surface area contributed by atoms with Crippen LogP contribution in [0, 0.1) is 5.92 Å². The summed E-state index contributed by atoms with van der Waals surface area (Å²) in [6.07, 6.45) is 13.9. The average Bonchev–Trinajstić information content (AvgIpc) is 3.46. The summed E-state index contributed by atoms with van der Waals surface area (Å²) in [4.78, 5) is 10.3. The highest BCUT2D eigenvalue weighted by molar-refractivity contribution is 6.11. The lowest BCUT2D eigenvalue weighted by Gasteiger charge is -2.30. The van der Waals surface area contributed by atoms with Gasteiger partial charge in [-0.25, -0.2) is 4.98 Å². The number of aromatic nitrogens is 2. The molecule has 0 amide bonds. The van der Waals surface area contributed by atoms with Gasteiger partial charge in [0.25, 0.3) is 0 Å². The molecule has 2 aromatic carbocycles. The molecular formula is C41H42N3O+. The fourth-order valence-electron chi connectivity index (χ4n) is 8.19. The Kier molecular flexibility index (Phi) is 7.04. The molecule has 1 aliphatic carbocycles. The van der Waals surface area contributed by atoms with E-state index in [-0.39, 0.29) is 12.0 Å². The quantitative estimate of drug-likeness (QED) is 0.195. The minimum absolute atomic E-state index is 0.0865. The Morgan fingerprint density at radius 2 is 1.80 bits per heavy atom. The molecule has 2 aliphatic heterocycles. The van der Waals surface area contributed by atoms with Gasteiger partial charge in [0.05, 0.1) is 11.3 Å². The third-order valence-corrected chi connectivity index (χ3v) is 10.6. The zero-order valence-electron chi connectivity index (χ0n) is 26.6. The van der Waals surface area contributed by atoms with Crippen LogP contribution in [0.2, 0.25) is 0 Å². The molecule has 0 radical (unpaired) electrons. The Balaban J connectivity index is 1.36. The molecule has 0 spiro atoms. The molecule has 4 nitrogen and oxygen atoms in total. The van der Waals surface area contributed by atoms with Crippen LogP contribution >= 0.6 is 0 Å². The Hall–Kier alpha value is -4.31. The van der Waals surface area contributed by atoms with Gasteiger partial charge in [0, 0.05) is 40.1 Å². The maximum Gasteiger partial charge on any atom is 0.227 e. The maximum atomic E-state index is 6.78. The van der Waals surface area contributed by atoms with Gasteiger partial charge in [-0.15, -0.1) is 0 Å². The molecule has 0 N–H and O–H groups in total. The normalized spacial score (nSPS) is 20.1. The van der Waals surface area contributed by atoms with Gasteiger partial charge in [-0.3, -0.25) is 4.99 Å². The van der Waals surface area contributed by atoms with E-state index in [1.807, 2.05) is 6.08 Å². The lowest BCUT2D eigenvalue weighted by atomic mass is 9.79. The second-order valence-corrected chi connectivity index (χ2v) is 13.7. The number of fused-ring (bicyclic) bond motifs is 10. The van der Waals surface area contributed by atoms with Crippen molar-refractivity contribution in [3.63, 3.8) is 0 Å². The van der Waals surface area contributed by atoms with Crippen LogP contribution in [0.4, 0.5) is 0 Å². The molecule has 226 valence electrons. The number of furan rings is 1. The first-order chi connectivity index (χ1) is 22.0. The zero-order valence-corrected chi connectivity index (χ0v) is 26.6. The van der Waals surface area contributed by atoms with Crippen LogP contribution in [0.1, 0.15) is 92.2 Å². The lowest BCUT2D eigenvalue weighted by molar-refractivity contribution is -0.572. The van der Waals surface area contributed by atoms with Gasteiger partial charge in [0.15, 0.2) is 11.8 Å². The highest BCUT2D eigenvalue weighted by Gasteiger charge is 2.39. The van der Waals surface area contributed by atoms with E-state index in [4.69, 9.17) is 21.0 Å². The summed E-state index contributed by atoms with van der Waals surface area (Å²) in [5.41, 5.74) is 12.2. The molecule has 3 aliphatic rings. The van der Waals surface area contributed by atoms with E-state index >= 15 is 0 Å². The Bertz CT molecular complexity index is 2000. The van der Waals surface area contributed by atoms with Gasteiger partial charge in [0.1, 0.15) is 6.04 Å². The van der Waals surface area contributed by atoms with Crippen LogP contribution in [-0.4, -0.2) is 16.7 Å². The fourth-order valence-corrected chi connectivity index (χ4v) is 8.19. The molecule has 3 aromatic heterocycles. The summed E-state index contributed by atoms with van der Waals surface area (Å²) >= 11 is 0. The number of hydrogen-bond donors (Lipinski definition) is 0. The van der Waals surface area contributed by atoms with E-state index < -0.39 is 0 Å². The highest BCUT2D eigenvalue weighted by atomic mass is 16.3. The number of aryl methyl sites for hydroxylation is 1. The van der Waals surface area contributed by atoms with E-state index in [1.54, 1.807) is 0 Å². The second kappa shape index (κ2) is 11.2. The molecule has 0 saturated heterocycles. The number of rotatable bonds is 4. The fraction of sp³-hybridized carbons (Fsp3) is 0.341. The van der Waals surface area contributed by atoms with Crippen molar-refractivity contribution < 1.29 is 8.98 Å². The van der Waals surface area contributed by atoms with Crippen LogP contribution < -0.4 is 4.57 Å². The van der Waals surface area contributed by atoms with Gasteiger partial charge in [0.2, 0.25) is 17.1 Å². The van der Waals surface area contributed by atoms with E-state index in [1.165, 1.54) is 59.9 Å². The molecule has 0 bridgehead atoms. The number of allylic oxidation sites excluding steroid dienone is 1. The predicted molar refractivity (Wildman–Crippen MR) is 185 cm³/mol. The minimum atomic E-state index is -0.0865.